The Morgan fingerprint density at radius 1 is 1.47 bits per heavy atom. The number of carbonyl (C=O) groups is 2. The van der Waals surface area contributed by atoms with Crippen molar-refractivity contribution in [2.24, 2.45) is 0 Å². The van der Waals surface area contributed by atoms with Gasteiger partial charge >= 0.3 is 0 Å². The number of imide groups is 1. The van der Waals surface area contributed by atoms with Crippen LogP contribution in [0.4, 0.5) is 4.39 Å². The zero-order valence-corrected chi connectivity index (χ0v) is 9.63. The molecule has 1 aliphatic heterocycles. The van der Waals surface area contributed by atoms with E-state index in [1.165, 1.54) is 6.07 Å². The predicted octanol–water partition coefficient (Wildman–Crippen LogP) is 1.48. The summed E-state index contributed by atoms with van der Waals surface area (Å²) in [6.07, 6.45) is 0.591. The number of nitrogens with zero attached hydrogens (tertiary/aromatic N) is 1. The van der Waals surface area contributed by atoms with Gasteiger partial charge < -0.3 is 0 Å². The fraction of sp³-hybridized carbons (Fsp3) is 0.364. The zero-order valence-electron chi connectivity index (χ0n) is 8.87. The Bertz CT molecular complexity index is 479. The first-order valence-corrected chi connectivity index (χ1v) is 5.69. The van der Waals surface area contributed by atoms with Crippen LogP contribution in [0.25, 0.3) is 0 Å². The molecule has 0 aromatic carbocycles. The number of carbonyl (C=O) groups excluding carboxylic acids is 2. The van der Waals surface area contributed by atoms with Gasteiger partial charge in [-0.1, -0.05) is 0 Å². The minimum atomic E-state index is -0.664. The van der Waals surface area contributed by atoms with Crippen LogP contribution in [-0.2, 0) is 15.5 Å². The predicted molar refractivity (Wildman–Crippen MR) is 58.9 cm³/mol. The lowest BCUT2D eigenvalue weighted by Gasteiger charge is -2.20. The van der Waals surface area contributed by atoms with Gasteiger partial charge in [0.05, 0.1) is 11.6 Å². The SMILES string of the molecule is O=C1CCC(c2cc(CCl)cc(F)n2)C(=O)N1. The van der Waals surface area contributed by atoms with Crippen LogP contribution < -0.4 is 5.32 Å². The summed E-state index contributed by atoms with van der Waals surface area (Å²) in [4.78, 5) is 26.3. The van der Waals surface area contributed by atoms with Gasteiger partial charge in [0.25, 0.3) is 0 Å². The monoisotopic (exact) mass is 256 g/mol. The molecule has 1 saturated heterocycles. The highest BCUT2D eigenvalue weighted by Crippen LogP contribution is 2.24. The van der Waals surface area contributed by atoms with E-state index in [-0.39, 0.29) is 18.2 Å². The van der Waals surface area contributed by atoms with Crippen molar-refractivity contribution in [2.75, 3.05) is 0 Å². The first kappa shape index (κ1) is 12.0. The molecule has 1 aliphatic rings. The van der Waals surface area contributed by atoms with E-state index in [0.717, 1.165) is 0 Å². The van der Waals surface area contributed by atoms with Crippen molar-refractivity contribution in [3.8, 4) is 0 Å². The molecule has 0 aliphatic carbocycles. The summed E-state index contributed by atoms with van der Waals surface area (Å²) in [7, 11) is 0. The quantitative estimate of drug-likeness (QED) is 0.495. The van der Waals surface area contributed by atoms with Crippen molar-refractivity contribution in [1.29, 1.82) is 0 Å². The topological polar surface area (TPSA) is 59.1 Å². The molecule has 1 atom stereocenters. The van der Waals surface area contributed by atoms with E-state index in [2.05, 4.69) is 10.3 Å². The third-order valence-corrected chi connectivity index (χ3v) is 2.93. The van der Waals surface area contributed by atoms with E-state index in [4.69, 9.17) is 11.6 Å². The molecule has 17 heavy (non-hydrogen) atoms. The Labute approximate surface area is 102 Å². The lowest BCUT2D eigenvalue weighted by molar-refractivity contribution is -0.134. The van der Waals surface area contributed by atoms with E-state index >= 15 is 0 Å². The molecule has 1 aromatic rings. The minimum absolute atomic E-state index is 0.152. The summed E-state index contributed by atoms with van der Waals surface area (Å²) < 4.78 is 13.2. The third-order valence-electron chi connectivity index (χ3n) is 2.62. The van der Waals surface area contributed by atoms with Crippen LogP contribution in [0.5, 0.6) is 0 Å². The van der Waals surface area contributed by atoms with E-state index in [9.17, 15) is 14.0 Å². The van der Waals surface area contributed by atoms with Crippen LogP contribution in [0.15, 0.2) is 12.1 Å². The molecule has 0 radical (unpaired) electrons. The van der Waals surface area contributed by atoms with Crippen molar-refractivity contribution in [2.45, 2.75) is 24.6 Å². The van der Waals surface area contributed by atoms with Gasteiger partial charge in [-0.3, -0.25) is 14.9 Å². The van der Waals surface area contributed by atoms with Crippen LogP contribution in [-0.4, -0.2) is 16.8 Å². The van der Waals surface area contributed by atoms with Crippen LogP contribution in [0.1, 0.15) is 30.0 Å². The van der Waals surface area contributed by atoms with Crippen molar-refractivity contribution in [3.63, 3.8) is 0 Å². The number of nitrogens with one attached hydrogen (secondary N) is 1. The summed E-state index contributed by atoms with van der Waals surface area (Å²) >= 11 is 5.62. The van der Waals surface area contributed by atoms with Crippen molar-refractivity contribution < 1.29 is 14.0 Å². The Kier molecular flexibility index (Phi) is 3.38. The summed E-state index contributed by atoms with van der Waals surface area (Å²) in [6, 6.07) is 2.82. The third kappa shape index (κ3) is 2.61. The maximum Gasteiger partial charge on any atom is 0.235 e. The van der Waals surface area contributed by atoms with Crippen LogP contribution in [0.2, 0.25) is 0 Å². The largest absolute Gasteiger partial charge is 0.296 e. The molecule has 0 spiro atoms. The van der Waals surface area contributed by atoms with Gasteiger partial charge in [-0.2, -0.15) is 4.39 Å². The molecule has 1 fully saturated rings. The van der Waals surface area contributed by atoms with Crippen LogP contribution in [0, 0.1) is 5.95 Å². The Morgan fingerprint density at radius 3 is 2.88 bits per heavy atom. The van der Waals surface area contributed by atoms with Gasteiger partial charge in [-0.05, 0) is 24.1 Å². The summed E-state index contributed by atoms with van der Waals surface area (Å²) in [5.74, 6) is -1.83. The van der Waals surface area contributed by atoms with Gasteiger partial charge in [-0.25, -0.2) is 4.98 Å². The summed E-state index contributed by atoms with van der Waals surface area (Å²) in [5, 5.41) is 2.21. The lowest BCUT2D eigenvalue weighted by Crippen LogP contribution is -2.39. The first-order chi connectivity index (χ1) is 8.10. The van der Waals surface area contributed by atoms with Gasteiger partial charge in [0, 0.05) is 12.3 Å². The second-order valence-corrected chi connectivity index (χ2v) is 4.13. The molecule has 2 heterocycles. The Balaban J connectivity index is 2.30. The number of amides is 2. The van der Waals surface area contributed by atoms with Crippen molar-refractivity contribution in [3.05, 3.63) is 29.3 Å². The molecule has 0 bridgehead atoms. The highest BCUT2D eigenvalue weighted by molar-refractivity contribution is 6.17. The molecule has 2 rings (SSSR count). The molecule has 2 amide bonds. The molecule has 90 valence electrons. The minimum Gasteiger partial charge on any atom is -0.296 e. The number of pyridine rings is 1. The molecule has 6 heteroatoms. The smallest absolute Gasteiger partial charge is 0.235 e. The number of hydrogen-bond donors (Lipinski definition) is 1. The summed E-state index contributed by atoms with van der Waals surface area (Å²) in [5.41, 5.74) is 0.893. The Hall–Kier alpha value is -1.49. The van der Waals surface area contributed by atoms with Gasteiger partial charge in [-0.15, -0.1) is 11.6 Å². The average molecular weight is 257 g/mol. The van der Waals surface area contributed by atoms with Gasteiger partial charge in [0.1, 0.15) is 0 Å². The van der Waals surface area contributed by atoms with Crippen molar-refractivity contribution >= 4 is 23.4 Å². The maximum absolute atomic E-state index is 13.2. The highest BCUT2D eigenvalue weighted by Gasteiger charge is 2.29. The molecule has 4 nitrogen and oxygen atoms in total. The average Bonchev–Trinajstić information content (AvgIpc) is 2.28. The number of piperidine rings is 1. The number of rotatable bonds is 2. The molecule has 0 saturated carbocycles. The van der Waals surface area contributed by atoms with E-state index in [1.807, 2.05) is 0 Å². The number of aromatic nitrogens is 1. The fourth-order valence-electron chi connectivity index (χ4n) is 1.80. The second kappa shape index (κ2) is 4.79. The Morgan fingerprint density at radius 2 is 2.24 bits per heavy atom. The standard InChI is InChI=1S/C11H10ClFN2O2/c12-5-6-3-8(14-9(13)4-6)7-1-2-10(16)15-11(7)17/h3-4,7H,1-2,5H2,(H,15,16,17). The van der Waals surface area contributed by atoms with Gasteiger partial charge in [0.2, 0.25) is 17.8 Å². The zero-order chi connectivity index (χ0) is 12.4. The van der Waals surface area contributed by atoms with Crippen LogP contribution >= 0.6 is 11.6 Å². The van der Waals surface area contributed by atoms with Crippen LogP contribution in [0.3, 0.4) is 0 Å². The fourth-order valence-corrected chi connectivity index (χ4v) is 1.96. The molecule has 1 unspecified atom stereocenters. The molecular weight excluding hydrogens is 247 g/mol. The first-order valence-electron chi connectivity index (χ1n) is 5.16. The van der Waals surface area contributed by atoms with E-state index in [0.29, 0.717) is 17.7 Å². The number of hydrogen-bond acceptors (Lipinski definition) is 3. The number of alkyl halides is 1. The molecular formula is C11H10ClFN2O2. The van der Waals surface area contributed by atoms with Crippen molar-refractivity contribution in [1.82, 2.24) is 10.3 Å². The van der Waals surface area contributed by atoms with E-state index in [1.54, 1.807) is 6.07 Å². The highest BCUT2D eigenvalue weighted by atomic mass is 35.5. The maximum atomic E-state index is 13.2. The summed E-state index contributed by atoms with van der Waals surface area (Å²) in [6.45, 7) is 0. The van der Waals surface area contributed by atoms with E-state index < -0.39 is 17.8 Å². The molecule has 1 aromatic heterocycles. The molecule has 1 N–H and O–H groups in total. The van der Waals surface area contributed by atoms with Gasteiger partial charge in [0.15, 0.2) is 0 Å². The normalized spacial score (nSPS) is 20.2. The second-order valence-electron chi connectivity index (χ2n) is 3.86. The number of halogens is 2. The lowest BCUT2D eigenvalue weighted by atomic mass is 9.93.